The normalized spacial score (nSPS) is 12.1. The van der Waals surface area contributed by atoms with Crippen LogP contribution in [0.1, 0.15) is 12.5 Å². The van der Waals surface area contributed by atoms with Gasteiger partial charge in [-0.25, -0.2) is 9.97 Å². The van der Waals surface area contributed by atoms with Crippen molar-refractivity contribution in [3.63, 3.8) is 0 Å². The summed E-state index contributed by atoms with van der Waals surface area (Å²) in [7, 11) is 0. The average molecular weight is 228 g/mol. The molecule has 4 heteroatoms. The molecule has 0 fully saturated rings. The number of anilines is 2. The van der Waals surface area contributed by atoms with Crippen LogP contribution in [0.4, 0.5) is 11.5 Å². The minimum Gasteiger partial charge on any atom is -0.394 e. The van der Waals surface area contributed by atoms with Crippen molar-refractivity contribution < 1.29 is 0 Å². The Morgan fingerprint density at radius 3 is 2.76 bits per heavy atom. The molecule has 1 atom stereocenters. The summed E-state index contributed by atoms with van der Waals surface area (Å²) in [5.74, 6) is 0.698. The molecule has 3 N–H and O–H groups in total. The van der Waals surface area contributed by atoms with E-state index in [0.29, 0.717) is 11.5 Å². The number of nitrogens with two attached hydrogens (primary N) is 1. The summed E-state index contributed by atoms with van der Waals surface area (Å²) in [5.41, 5.74) is 7.64. The number of aromatic nitrogens is 2. The Balaban J connectivity index is 1.98. The minimum atomic E-state index is 0.273. The molecule has 0 radical (unpaired) electrons. The van der Waals surface area contributed by atoms with Crippen molar-refractivity contribution in [2.45, 2.75) is 19.4 Å². The summed E-state index contributed by atoms with van der Waals surface area (Å²) in [4.78, 5) is 7.97. The van der Waals surface area contributed by atoms with Crippen molar-refractivity contribution in [2.24, 2.45) is 0 Å². The Morgan fingerprint density at radius 1 is 1.29 bits per heavy atom. The first-order chi connectivity index (χ1) is 8.25. The zero-order valence-electron chi connectivity index (χ0n) is 9.80. The molecular weight excluding hydrogens is 212 g/mol. The van der Waals surface area contributed by atoms with Gasteiger partial charge < -0.3 is 11.1 Å². The van der Waals surface area contributed by atoms with Gasteiger partial charge in [-0.05, 0) is 18.9 Å². The third-order valence-electron chi connectivity index (χ3n) is 2.51. The molecule has 1 aromatic carbocycles. The number of hydrogen-bond acceptors (Lipinski definition) is 4. The van der Waals surface area contributed by atoms with Gasteiger partial charge in [-0.3, -0.25) is 0 Å². The number of nitrogens with zero attached hydrogens (tertiary/aromatic N) is 2. The second kappa shape index (κ2) is 5.30. The molecular formula is C13H16N4. The SMILES string of the molecule is CC(Cc1ccccc1)Nc1ncncc1N. The molecule has 0 aliphatic heterocycles. The molecule has 0 saturated heterocycles. The second-order valence-electron chi connectivity index (χ2n) is 4.06. The lowest BCUT2D eigenvalue weighted by Crippen LogP contribution is -2.19. The van der Waals surface area contributed by atoms with E-state index < -0.39 is 0 Å². The first kappa shape index (κ1) is 11.4. The van der Waals surface area contributed by atoms with E-state index in [1.807, 2.05) is 18.2 Å². The third-order valence-corrected chi connectivity index (χ3v) is 2.51. The molecule has 0 saturated carbocycles. The van der Waals surface area contributed by atoms with Gasteiger partial charge in [-0.2, -0.15) is 0 Å². The van der Waals surface area contributed by atoms with Crippen LogP contribution < -0.4 is 11.1 Å². The molecule has 0 amide bonds. The van der Waals surface area contributed by atoms with E-state index in [-0.39, 0.29) is 6.04 Å². The fourth-order valence-electron chi connectivity index (χ4n) is 1.71. The monoisotopic (exact) mass is 228 g/mol. The van der Waals surface area contributed by atoms with Gasteiger partial charge in [0.05, 0.1) is 11.9 Å². The molecule has 1 aromatic heterocycles. The van der Waals surface area contributed by atoms with Crippen LogP contribution >= 0.6 is 0 Å². The summed E-state index contributed by atoms with van der Waals surface area (Å²) in [6.07, 6.45) is 4.03. The van der Waals surface area contributed by atoms with Gasteiger partial charge in [-0.15, -0.1) is 0 Å². The standard InChI is InChI=1S/C13H16N4/c1-10(7-11-5-3-2-4-6-11)17-13-12(14)8-15-9-16-13/h2-6,8-10H,7,14H2,1H3,(H,15,16,17). The summed E-state index contributed by atoms with van der Waals surface area (Å²) >= 11 is 0. The topological polar surface area (TPSA) is 63.8 Å². The van der Waals surface area contributed by atoms with Crippen LogP contribution in [0.15, 0.2) is 42.9 Å². The maximum absolute atomic E-state index is 5.77. The highest BCUT2D eigenvalue weighted by molar-refractivity contribution is 5.59. The molecule has 17 heavy (non-hydrogen) atoms. The fourth-order valence-corrected chi connectivity index (χ4v) is 1.71. The molecule has 2 rings (SSSR count). The fraction of sp³-hybridized carbons (Fsp3) is 0.231. The van der Waals surface area contributed by atoms with Crippen molar-refractivity contribution >= 4 is 11.5 Å². The quantitative estimate of drug-likeness (QED) is 0.841. The van der Waals surface area contributed by atoms with Crippen LogP contribution in [-0.4, -0.2) is 16.0 Å². The Kier molecular flexibility index (Phi) is 3.55. The molecule has 0 spiro atoms. The highest BCUT2D eigenvalue weighted by atomic mass is 15.0. The Hall–Kier alpha value is -2.10. The van der Waals surface area contributed by atoms with Crippen LogP contribution in [0, 0.1) is 0 Å². The van der Waals surface area contributed by atoms with Gasteiger partial charge in [0.25, 0.3) is 0 Å². The van der Waals surface area contributed by atoms with Crippen molar-refractivity contribution in [2.75, 3.05) is 11.1 Å². The number of nitrogen functional groups attached to an aromatic ring is 1. The van der Waals surface area contributed by atoms with E-state index in [2.05, 4.69) is 34.3 Å². The van der Waals surface area contributed by atoms with Crippen LogP contribution in [0.5, 0.6) is 0 Å². The average Bonchev–Trinajstić information content (AvgIpc) is 2.33. The summed E-state index contributed by atoms with van der Waals surface area (Å²) in [5, 5.41) is 3.28. The molecule has 1 heterocycles. The van der Waals surface area contributed by atoms with Gasteiger partial charge in [0.2, 0.25) is 0 Å². The predicted molar refractivity (Wildman–Crippen MR) is 69.7 cm³/mol. The Bertz CT molecular complexity index is 470. The number of hydrogen-bond donors (Lipinski definition) is 2. The zero-order valence-corrected chi connectivity index (χ0v) is 9.80. The van der Waals surface area contributed by atoms with Gasteiger partial charge in [0.15, 0.2) is 5.82 Å². The van der Waals surface area contributed by atoms with E-state index in [1.54, 1.807) is 6.20 Å². The van der Waals surface area contributed by atoms with E-state index in [4.69, 9.17) is 5.73 Å². The molecule has 0 aliphatic carbocycles. The Labute approximate surface area is 101 Å². The van der Waals surface area contributed by atoms with E-state index in [9.17, 15) is 0 Å². The van der Waals surface area contributed by atoms with Gasteiger partial charge in [0, 0.05) is 6.04 Å². The zero-order chi connectivity index (χ0) is 12.1. The molecule has 2 aromatic rings. The lowest BCUT2D eigenvalue weighted by atomic mass is 10.1. The van der Waals surface area contributed by atoms with Crippen LogP contribution in [-0.2, 0) is 6.42 Å². The first-order valence-corrected chi connectivity index (χ1v) is 5.61. The predicted octanol–water partition coefficient (Wildman–Crippen LogP) is 2.10. The van der Waals surface area contributed by atoms with Crippen molar-refractivity contribution in [3.05, 3.63) is 48.4 Å². The molecule has 1 unspecified atom stereocenters. The third kappa shape index (κ3) is 3.17. The number of nitrogens with one attached hydrogen (secondary N) is 1. The van der Waals surface area contributed by atoms with E-state index in [1.165, 1.54) is 11.9 Å². The highest BCUT2D eigenvalue weighted by Gasteiger charge is 2.06. The second-order valence-corrected chi connectivity index (χ2v) is 4.06. The van der Waals surface area contributed by atoms with Crippen molar-refractivity contribution in [3.8, 4) is 0 Å². The van der Waals surface area contributed by atoms with E-state index in [0.717, 1.165) is 6.42 Å². The van der Waals surface area contributed by atoms with Gasteiger partial charge >= 0.3 is 0 Å². The molecule has 0 bridgehead atoms. The Morgan fingerprint density at radius 2 is 2.06 bits per heavy atom. The van der Waals surface area contributed by atoms with Crippen LogP contribution in [0.25, 0.3) is 0 Å². The summed E-state index contributed by atoms with van der Waals surface area (Å²) in [6, 6.07) is 10.6. The maximum atomic E-state index is 5.77. The van der Waals surface area contributed by atoms with E-state index >= 15 is 0 Å². The molecule has 4 nitrogen and oxygen atoms in total. The summed E-state index contributed by atoms with van der Waals surface area (Å²) < 4.78 is 0. The highest BCUT2D eigenvalue weighted by Crippen LogP contribution is 2.14. The summed E-state index contributed by atoms with van der Waals surface area (Å²) in [6.45, 7) is 2.11. The van der Waals surface area contributed by atoms with Gasteiger partial charge in [0.1, 0.15) is 6.33 Å². The van der Waals surface area contributed by atoms with Gasteiger partial charge in [-0.1, -0.05) is 30.3 Å². The smallest absolute Gasteiger partial charge is 0.152 e. The maximum Gasteiger partial charge on any atom is 0.152 e. The largest absolute Gasteiger partial charge is 0.394 e. The number of rotatable bonds is 4. The molecule has 88 valence electrons. The lowest BCUT2D eigenvalue weighted by molar-refractivity contribution is 0.784. The first-order valence-electron chi connectivity index (χ1n) is 5.61. The van der Waals surface area contributed by atoms with Crippen molar-refractivity contribution in [1.29, 1.82) is 0 Å². The number of benzene rings is 1. The lowest BCUT2D eigenvalue weighted by Gasteiger charge is -2.15. The minimum absolute atomic E-state index is 0.273. The molecule has 0 aliphatic rings. The van der Waals surface area contributed by atoms with Crippen LogP contribution in [0.2, 0.25) is 0 Å². The van der Waals surface area contributed by atoms with Crippen molar-refractivity contribution in [1.82, 2.24) is 9.97 Å². The van der Waals surface area contributed by atoms with Crippen LogP contribution in [0.3, 0.4) is 0 Å².